The van der Waals surface area contributed by atoms with Gasteiger partial charge in [-0.1, -0.05) is 18.2 Å². The SMILES string of the molecule is O=C(NCC1(CN2CCOCC2)CC1)N1CCC(Oc2ccccc2)C1. The Hall–Kier alpha value is -1.79. The Labute approximate surface area is 155 Å². The number of nitrogens with zero attached hydrogens (tertiary/aromatic N) is 2. The van der Waals surface area contributed by atoms with Crippen LogP contribution in [0.4, 0.5) is 4.79 Å². The molecule has 0 spiro atoms. The number of urea groups is 1. The van der Waals surface area contributed by atoms with E-state index in [1.807, 2.05) is 35.2 Å². The van der Waals surface area contributed by atoms with Gasteiger partial charge < -0.3 is 19.7 Å². The van der Waals surface area contributed by atoms with Crippen molar-refractivity contribution >= 4 is 6.03 Å². The van der Waals surface area contributed by atoms with E-state index in [0.717, 1.165) is 58.1 Å². The van der Waals surface area contributed by atoms with Gasteiger partial charge in [-0.25, -0.2) is 4.79 Å². The normalized spacial score (nSPS) is 25.1. The molecule has 3 fully saturated rings. The second-order valence-electron chi connectivity index (χ2n) is 7.83. The first-order valence-corrected chi connectivity index (χ1v) is 9.77. The van der Waals surface area contributed by atoms with Crippen molar-refractivity contribution in [3.8, 4) is 5.75 Å². The fourth-order valence-electron chi connectivity index (χ4n) is 3.88. The van der Waals surface area contributed by atoms with Gasteiger partial charge in [-0.05, 0) is 25.0 Å². The molecule has 1 atom stereocenters. The summed E-state index contributed by atoms with van der Waals surface area (Å²) in [7, 11) is 0. The van der Waals surface area contributed by atoms with Gasteiger partial charge in [-0.2, -0.15) is 0 Å². The van der Waals surface area contributed by atoms with Crippen molar-refractivity contribution in [3.63, 3.8) is 0 Å². The molecule has 1 N–H and O–H groups in total. The predicted octanol–water partition coefficient (Wildman–Crippen LogP) is 1.96. The minimum atomic E-state index is 0.0532. The molecule has 6 heteroatoms. The third-order valence-corrected chi connectivity index (χ3v) is 5.71. The third-order valence-electron chi connectivity index (χ3n) is 5.71. The topological polar surface area (TPSA) is 54.0 Å². The lowest BCUT2D eigenvalue weighted by Crippen LogP contribution is -2.45. The van der Waals surface area contributed by atoms with E-state index < -0.39 is 0 Å². The highest BCUT2D eigenvalue weighted by Crippen LogP contribution is 2.45. The molecule has 1 saturated carbocycles. The molecule has 0 aromatic heterocycles. The van der Waals surface area contributed by atoms with Crippen LogP contribution in [0, 0.1) is 5.41 Å². The third kappa shape index (κ3) is 4.48. The maximum absolute atomic E-state index is 12.5. The van der Waals surface area contributed by atoms with Crippen LogP contribution in [0.3, 0.4) is 0 Å². The molecule has 1 unspecified atom stereocenters. The average molecular weight is 359 g/mol. The number of benzene rings is 1. The average Bonchev–Trinajstić information content (AvgIpc) is 3.28. The summed E-state index contributed by atoms with van der Waals surface area (Å²) in [4.78, 5) is 16.9. The molecule has 2 amide bonds. The van der Waals surface area contributed by atoms with Gasteiger partial charge in [0.15, 0.2) is 0 Å². The smallest absolute Gasteiger partial charge is 0.317 e. The number of amides is 2. The quantitative estimate of drug-likeness (QED) is 0.844. The van der Waals surface area contributed by atoms with Gasteiger partial charge in [-0.3, -0.25) is 4.90 Å². The fourth-order valence-corrected chi connectivity index (χ4v) is 3.88. The summed E-state index contributed by atoms with van der Waals surface area (Å²) in [5, 5.41) is 3.17. The van der Waals surface area contributed by atoms with Gasteiger partial charge in [0.2, 0.25) is 0 Å². The van der Waals surface area contributed by atoms with Gasteiger partial charge in [0.05, 0.1) is 19.8 Å². The monoisotopic (exact) mass is 359 g/mol. The highest BCUT2D eigenvalue weighted by molar-refractivity contribution is 5.74. The van der Waals surface area contributed by atoms with Gasteiger partial charge in [0.25, 0.3) is 0 Å². The van der Waals surface area contributed by atoms with E-state index in [9.17, 15) is 4.79 Å². The Bertz CT molecular complexity index is 600. The van der Waals surface area contributed by atoms with Crippen molar-refractivity contribution in [2.24, 2.45) is 5.41 Å². The summed E-state index contributed by atoms with van der Waals surface area (Å²) < 4.78 is 11.4. The minimum Gasteiger partial charge on any atom is -0.489 e. The zero-order valence-electron chi connectivity index (χ0n) is 15.4. The fraction of sp³-hybridized carbons (Fsp3) is 0.650. The number of nitrogens with one attached hydrogen (secondary N) is 1. The van der Waals surface area contributed by atoms with Crippen LogP contribution < -0.4 is 10.1 Å². The lowest BCUT2D eigenvalue weighted by molar-refractivity contribution is 0.0285. The molecule has 6 nitrogen and oxygen atoms in total. The zero-order chi connectivity index (χ0) is 17.8. The lowest BCUT2D eigenvalue weighted by atomic mass is 10.1. The molecule has 2 heterocycles. The molecule has 0 radical (unpaired) electrons. The predicted molar refractivity (Wildman–Crippen MR) is 99.4 cm³/mol. The number of ether oxygens (including phenoxy) is 2. The van der Waals surface area contributed by atoms with E-state index in [2.05, 4.69) is 10.2 Å². The summed E-state index contributed by atoms with van der Waals surface area (Å²) in [5.74, 6) is 0.877. The van der Waals surface area contributed by atoms with Gasteiger partial charge in [0, 0.05) is 44.6 Å². The molecule has 2 saturated heterocycles. The Kier molecular flexibility index (Phi) is 5.31. The summed E-state index contributed by atoms with van der Waals surface area (Å²) in [6.07, 6.45) is 3.40. The van der Waals surface area contributed by atoms with E-state index in [4.69, 9.17) is 9.47 Å². The molecular formula is C20H29N3O3. The van der Waals surface area contributed by atoms with Crippen molar-refractivity contribution in [3.05, 3.63) is 30.3 Å². The number of para-hydroxylation sites is 1. The van der Waals surface area contributed by atoms with E-state index in [0.29, 0.717) is 6.54 Å². The van der Waals surface area contributed by atoms with Crippen molar-refractivity contribution in [2.75, 3.05) is 52.5 Å². The van der Waals surface area contributed by atoms with Crippen LogP contribution in [0.1, 0.15) is 19.3 Å². The Morgan fingerprint density at radius 2 is 1.96 bits per heavy atom. The molecule has 2 aliphatic heterocycles. The standard InChI is InChI=1S/C20H29N3O3/c24-19(21-15-20(7-8-20)16-22-10-12-25-13-11-22)23-9-6-18(14-23)26-17-4-2-1-3-5-17/h1-5,18H,6-16H2,(H,21,24). The van der Waals surface area contributed by atoms with Crippen molar-refractivity contribution in [1.82, 2.24) is 15.1 Å². The summed E-state index contributed by atoms with van der Waals surface area (Å²) >= 11 is 0. The Balaban J connectivity index is 1.20. The summed E-state index contributed by atoms with van der Waals surface area (Å²) in [5.41, 5.74) is 0.284. The van der Waals surface area contributed by atoms with Crippen molar-refractivity contribution < 1.29 is 14.3 Å². The molecule has 1 aliphatic carbocycles. The number of likely N-dealkylation sites (tertiary alicyclic amines) is 1. The van der Waals surface area contributed by atoms with E-state index in [-0.39, 0.29) is 17.6 Å². The maximum Gasteiger partial charge on any atom is 0.317 e. The highest BCUT2D eigenvalue weighted by Gasteiger charge is 2.44. The molecular weight excluding hydrogens is 330 g/mol. The number of rotatable bonds is 6. The first-order chi connectivity index (χ1) is 12.7. The summed E-state index contributed by atoms with van der Waals surface area (Å²) in [6.45, 7) is 6.98. The van der Waals surface area contributed by atoms with Crippen LogP contribution in [-0.2, 0) is 4.74 Å². The van der Waals surface area contributed by atoms with E-state index in [1.165, 1.54) is 12.8 Å². The zero-order valence-corrected chi connectivity index (χ0v) is 15.4. The molecule has 1 aromatic rings. The second kappa shape index (κ2) is 7.84. The van der Waals surface area contributed by atoms with E-state index in [1.54, 1.807) is 0 Å². The minimum absolute atomic E-state index is 0.0532. The number of hydrogen-bond acceptors (Lipinski definition) is 4. The molecule has 26 heavy (non-hydrogen) atoms. The Morgan fingerprint density at radius 3 is 2.69 bits per heavy atom. The van der Waals surface area contributed by atoms with Crippen molar-refractivity contribution in [1.29, 1.82) is 0 Å². The van der Waals surface area contributed by atoms with Gasteiger partial charge in [0.1, 0.15) is 11.9 Å². The molecule has 1 aromatic carbocycles. The van der Waals surface area contributed by atoms with Crippen LogP contribution in [0.15, 0.2) is 30.3 Å². The Morgan fingerprint density at radius 1 is 1.19 bits per heavy atom. The number of hydrogen-bond donors (Lipinski definition) is 1. The lowest BCUT2D eigenvalue weighted by Gasteiger charge is -2.31. The molecule has 142 valence electrons. The molecule has 4 rings (SSSR count). The molecule has 0 bridgehead atoms. The van der Waals surface area contributed by atoms with Gasteiger partial charge >= 0.3 is 6.03 Å². The number of morpholine rings is 1. The number of carbonyl (C=O) groups excluding carboxylic acids is 1. The first kappa shape index (κ1) is 17.6. The molecule has 3 aliphatic rings. The van der Waals surface area contributed by atoms with Crippen LogP contribution >= 0.6 is 0 Å². The highest BCUT2D eigenvalue weighted by atomic mass is 16.5. The number of carbonyl (C=O) groups is 1. The van der Waals surface area contributed by atoms with Crippen LogP contribution in [0.2, 0.25) is 0 Å². The van der Waals surface area contributed by atoms with Crippen LogP contribution in [0.25, 0.3) is 0 Å². The first-order valence-electron chi connectivity index (χ1n) is 9.77. The largest absolute Gasteiger partial charge is 0.489 e. The van der Waals surface area contributed by atoms with E-state index >= 15 is 0 Å². The van der Waals surface area contributed by atoms with Gasteiger partial charge in [-0.15, -0.1) is 0 Å². The summed E-state index contributed by atoms with van der Waals surface area (Å²) in [6, 6.07) is 9.90. The maximum atomic E-state index is 12.5. The van der Waals surface area contributed by atoms with Crippen LogP contribution in [-0.4, -0.2) is 74.4 Å². The second-order valence-corrected chi connectivity index (χ2v) is 7.83. The van der Waals surface area contributed by atoms with Crippen LogP contribution in [0.5, 0.6) is 5.75 Å². The van der Waals surface area contributed by atoms with Crippen molar-refractivity contribution in [2.45, 2.75) is 25.4 Å².